The molecule has 2 amide bonds. The average molecular weight is 333 g/mol. The van der Waals surface area contributed by atoms with Crippen LogP contribution in [0.2, 0.25) is 0 Å². The molecule has 1 rings (SSSR count). The molecule has 0 aliphatic carbocycles. The largest absolute Gasteiger partial charge is 0.396 e. The van der Waals surface area contributed by atoms with Crippen molar-refractivity contribution in [3.05, 3.63) is 29.8 Å². The highest BCUT2D eigenvalue weighted by Crippen LogP contribution is 2.19. The molecule has 0 radical (unpaired) electrons. The number of nitrogens with zero attached hydrogens (tertiary/aromatic N) is 1. The lowest BCUT2D eigenvalue weighted by molar-refractivity contribution is -0.137. The van der Waals surface area contributed by atoms with Crippen molar-refractivity contribution in [2.24, 2.45) is 11.3 Å². The van der Waals surface area contributed by atoms with Crippen LogP contribution in [0.15, 0.2) is 24.3 Å². The summed E-state index contributed by atoms with van der Waals surface area (Å²) in [6.45, 7) is 4.46. The third-order valence-electron chi connectivity index (χ3n) is 3.69. The van der Waals surface area contributed by atoms with Gasteiger partial charge in [-0.15, -0.1) is 0 Å². The molecule has 0 saturated carbocycles. The monoisotopic (exact) mass is 333 g/mol. The zero-order valence-corrected chi connectivity index (χ0v) is 14.0. The molecule has 1 aromatic carbocycles. The van der Waals surface area contributed by atoms with Crippen molar-refractivity contribution in [2.75, 3.05) is 18.5 Å². The fraction of sp³-hybridized carbons (Fsp3) is 0.471. The van der Waals surface area contributed by atoms with E-state index in [1.54, 1.807) is 45.0 Å². The topological polar surface area (TPSA) is 122 Å². The molecule has 0 bridgehead atoms. The van der Waals surface area contributed by atoms with Crippen LogP contribution < -0.4 is 10.6 Å². The van der Waals surface area contributed by atoms with Crippen molar-refractivity contribution in [3.63, 3.8) is 0 Å². The van der Waals surface area contributed by atoms with E-state index in [4.69, 9.17) is 10.4 Å². The maximum Gasteiger partial charge on any atom is 0.249 e. The van der Waals surface area contributed by atoms with Crippen molar-refractivity contribution in [3.8, 4) is 6.07 Å². The van der Waals surface area contributed by atoms with E-state index in [0.29, 0.717) is 11.3 Å². The highest BCUT2D eigenvalue weighted by Gasteiger charge is 2.33. The first kappa shape index (κ1) is 19.6. The number of nitrogens with one attached hydrogen (secondary N) is 2. The number of aliphatic hydroxyl groups is 2. The first-order valence-electron chi connectivity index (χ1n) is 7.59. The number of benzene rings is 1. The number of hydrogen-bond acceptors (Lipinski definition) is 5. The summed E-state index contributed by atoms with van der Waals surface area (Å²) in [5, 5.41) is 33.0. The molecule has 1 aromatic rings. The van der Waals surface area contributed by atoms with Gasteiger partial charge in [-0.3, -0.25) is 9.59 Å². The summed E-state index contributed by atoms with van der Waals surface area (Å²) in [7, 11) is 0. The van der Waals surface area contributed by atoms with Crippen molar-refractivity contribution in [1.82, 2.24) is 5.32 Å². The fourth-order valence-electron chi connectivity index (χ4n) is 1.82. The number of anilines is 1. The quantitative estimate of drug-likeness (QED) is 0.583. The highest BCUT2D eigenvalue weighted by atomic mass is 16.3. The Bertz CT molecular complexity index is 637. The summed E-state index contributed by atoms with van der Waals surface area (Å²) in [5.74, 6) is -1.49. The lowest BCUT2D eigenvalue weighted by Gasteiger charge is -2.27. The second-order valence-electron chi connectivity index (χ2n) is 6.38. The van der Waals surface area contributed by atoms with Crippen LogP contribution in [0.25, 0.3) is 0 Å². The van der Waals surface area contributed by atoms with Crippen LogP contribution in [0.3, 0.4) is 0 Å². The third-order valence-corrected chi connectivity index (χ3v) is 3.69. The predicted molar refractivity (Wildman–Crippen MR) is 88.8 cm³/mol. The lowest BCUT2D eigenvalue weighted by Crippen LogP contribution is -2.47. The molecule has 0 unspecified atom stereocenters. The molecule has 0 fully saturated rings. The molecule has 0 aliphatic rings. The van der Waals surface area contributed by atoms with Gasteiger partial charge in [0.15, 0.2) is 0 Å². The van der Waals surface area contributed by atoms with Gasteiger partial charge in [-0.2, -0.15) is 5.26 Å². The molecule has 0 aliphatic heterocycles. The Balaban J connectivity index is 2.55. The number of carbonyl (C=O) groups is 2. The summed E-state index contributed by atoms with van der Waals surface area (Å²) >= 11 is 0. The summed E-state index contributed by atoms with van der Waals surface area (Å²) in [4.78, 5) is 24.0. The molecule has 2 atom stereocenters. The zero-order chi connectivity index (χ0) is 18.3. The smallest absolute Gasteiger partial charge is 0.249 e. The van der Waals surface area contributed by atoms with Gasteiger partial charge < -0.3 is 20.8 Å². The van der Waals surface area contributed by atoms with Gasteiger partial charge in [0.2, 0.25) is 11.8 Å². The van der Waals surface area contributed by atoms with Gasteiger partial charge in [0.1, 0.15) is 6.10 Å². The molecule has 24 heavy (non-hydrogen) atoms. The van der Waals surface area contributed by atoms with E-state index in [0.717, 1.165) is 0 Å². The van der Waals surface area contributed by atoms with Gasteiger partial charge >= 0.3 is 0 Å². The molecular formula is C17H23N3O4. The van der Waals surface area contributed by atoms with Crippen molar-refractivity contribution in [2.45, 2.75) is 26.9 Å². The molecule has 0 heterocycles. The number of hydrogen-bond donors (Lipinski definition) is 4. The Kier molecular flexibility index (Phi) is 6.89. The predicted octanol–water partition coefficient (Wildman–Crippen LogP) is 0.628. The van der Waals surface area contributed by atoms with Crippen LogP contribution in [-0.2, 0) is 9.59 Å². The molecule has 4 N–H and O–H groups in total. The summed E-state index contributed by atoms with van der Waals surface area (Å²) < 4.78 is 0. The second-order valence-corrected chi connectivity index (χ2v) is 6.38. The van der Waals surface area contributed by atoms with Gasteiger partial charge in [-0.25, -0.2) is 0 Å². The number of amides is 2. The van der Waals surface area contributed by atoms with E-state index in [-0.39, 0.29) is 19.1 Å². The molecule has 0 spiro atoms. The van der Waals surface area contributed by atoms with Crippen LogP contribution in [-0.4, -0.2) is 41.3 Å². The standard InChI is InChI=1S/C17H23N3O4/c1-11(9-19-16(24)14(22)17(2,3)10-21)15(23)20-13-6-4-5-12(7-13)8-18/h4-7,11,14,21-22H,9-10H2,1-3H3,(H,19,24)(H,20,23)/t11-,14-/m0/s1. The van der Waals surface area contributed by atoms with Crippen LogP contribution in [0.1, 0.15) is 26.3 Å². The average Bonchev–Trinajstić information content (AvgIpc) is 2.58. The van der Waals surface area contributed by atoms with Crippen LogP contribution in [0.4, 0.5) is 5.69 Å². The van der Waals surface area contributed by atoms with Crippen molar-refractivity contribution in [1.29, 1.82) is 5.26 Å². The molecule has 0 saturated heterocycles. The van der Waals surface area contributed by atoms with Gasteiger partial charge in [0.05, 0.1) is 24.2 Å². The maximum atomic E-state index is 12.1. The number of aliphatic hydroxyl groups excluding tert-OH is 2. The summed E-state index contributed by atoms with van der Waals surface area (Å²) in [6.07, 6.45) is -1.37. The van der Waals surface area contributed by atoms with Gasteiger partial charge in [-0.1, -0.05) is 26.8 Å². The van der Waals surface area contributed by atoms with E-state index in [1.807, 2.05) is 6.07 Å². The Labute approximate surface area is 141 Å². The van der Waals surface area contributed by atoms with Crippen LogP contribution in [0, 0.1) is 22.7 Å². The fourth-order valence-corrected chi connectivity index (χ4v) is 1.82. The Morgan fingerprint density at radius 1 is 1.33 bits per heavy atom. The Morgan fingerprint density at radius 2 is 2.00 bits per heavy atom. The molecule has 130 valence electrons. The summed E-state index contributed by atoms with van der Waals surface area (Å²) in [5.41, 5.74) is -0.0328. The van der Waals surface area contributed by atoms with E-state index < -0.39 is 23.3 Å². The Hall–Kier alpha value is -2.43. The van der Waals surface area contributed by atoms with Gasteiger partial charge in [-0.05, 0) is 18.2 Å². The highest BCUT2D eigenvalue weighted by molar-refractivity contribution is 5.93. The first-order chi connectivity index (χ1) is 11.2. The molecule has 0 aromatic heterocycles. The van der Waals surface area contributed by atoms with E-state index in [9.17, 15) is 14.7 Å². The lowest BCUT2D eigenvalue weighted by atomic mass is 9.87. The number of carbonyl (C=O) groups excluding carboxylic acids is 2. The minimum Gasteiger partial charge on any atom is -0.396 e. The van der Waals surface area contributed by atoms with Crippen LogP contribution in [0.5, 0.6) is 0 Å². The normalized spacial score (nSPS) is 13.5. The Morgan fingerprint density at radius 3 is 2.58 bits per heavy atom. The van der Waals surface area contributed by atoms with Gasteiger partial charge in [0, 0.05) is 17.6 Å². The van der Waals surface area contributed by atoms with Crippen LogP contribution >= 0.6 is 0 Å². The van der Waals surface area contributed by atoms with E-state index in [1.165, 1.54) is 0 Å². The minimum absolute atomic E-state index is 0.0428. The molecule has 7 heteroatoms. The zero-order valence-electron chi connectivity index (χ0n) is 14.0. The van der Waals surface area contributed by atoms with Crippen molar-refractivity contribution >= 4 is 17.5 Å². The summed E-state index contributed by atoms with van der Waals surface area (Å²) in [6, 6.07) is 8.49. The first-order valence-corrected chi connectivity index (χ1v) is 7.59. The van der Waals surface area contributed by atoms with Crippen molar-refractivity contribution < 1.29 is 19.8 Å². The van der Waals surface area contributed by atoms with Gasteiger partial charge in [0.25, 0.3) is 0 Å². The van der Waals surface area contributed by atoms with E-state index >= 15 is 0 Å². The molecular weight excluding hydrogens is 310 g/mol. The number of nitriles is 1. The SMILES string of the molecule is C[C@@H](CNC(=O)[C@H](O)C(C)(C)CO)C(=O)Nc1cccc(C#N)c1. The second kappa shape index (κ2) is 8.43. The number of rotatable bonds is 7. The van der Waals surface area contributed by atoms with E-state index in [2.05, 4.69) is 10.6 Å². The minimum atomic E-state index is -1.37. The molecule has 7 nitrogen and oxygen atoms in total. The third kappa shape index (κ3) is 5.33. The maximum absolute atomic E-state index is 12.1.